The third kappa shape index (κ3) is 8.03. The van der Waals surface area contributed by atoms with E-state index in [-0.39, 0.29) is 12.6 Å². The zero-order valence-corrected chi connectivity index (χ0v) is 17.8. The lowest BCUT2D eigenvalue weighted by molar-refractivity contribution is 0.185. The van der Waals surface area contributed by atoms with Gasteiger partial charge in [-0.3, -0.25) is 4.99 Å². The van der Waals surface area contributed by atoms with Crippen LogP contribution < -0.4 is 20.1 Å². The Kier molecular flexibility index (Phi) is 9.31. The van der Waals surface area contributed by atoms with Crippen LogP contribution in [0.5, 0.6) is 11.5 Å². The normalized spacial score (nSPS) is 12.6. The van der Waals surface area contributed by atoms with Gasteiger partial charge < -0.3 is 25.2 Å². The first kappa shape index (κ1) is 22.6. The molecule has 3 N–H and O–H groups in total. The van der Waals surface area contributed by atoms with Gasteiger partial charge in [-0.05, 0) is 62.6 Å². The lowest BCUT2D eigenvalue weighted by Gasteiger charge is -2.15. The lowest BCUT2D eigenvalue weighted by Crippen LogP contribution is -2.38. The number of ether oxygens (including phenoxy) is 2. The zero-order valence-electron chi connectivity index (χ0n) is 17.8. The van der Waals surface area contributed by atoms with Crippen molar-refractivity contribution in [2.45, 2.75) is 39.4 Å². The van der Waals surface area contributed by atoms with E-state index >= 15 is 0 Å². The van der Waals surface area contributed by atoms with E-state index < -0.39 is 6.10 Å². The van der Waals surface area contributed by atoms with Crippen LogP contribution in [0.15, 0.2) is 53.5 Å². The molecule has 29 heavy (non-hydrogen) atoms. The molecular formula is C23H33N3O3. The van der Waals surface area contributed by atoms with Gasteiger partial charge >= 0.3 is 0 Å². The Labute approximate surface area is 174 Å². The van der Waals surface area contributed by atoms with E-state index in [0.29, 0.717) is 5.96 Å². The molecule has 0 bridgehead atoms. The van der Waals surface area contributed by atoms with Crippen molar-refractivity contribution in [3.8, 4) is 11.5 Å². The molecule has 0 aromatic heterocycles. The molecule has 0 saturated heterocycles. The molecule has 0 amide bonds. The Morgan fingerprint density at radius 3 is 2.48 bits per heavy atom. The molecule has 1 unspecified atom stereocenters. The Hall–Kier alpha value is -2.73. The molecule has 2 aromatic carbocycles. The van der Waals surface area contributed by atoms with Crippen molar-refractivity contribution in [3.63, 3.8) is 0 Å². The monoisotopic (exact) mass is 399 g/mol. The number of guanidine groups is 1. The van der Waals surface area contributed by atoms with E-state index in [0.717, 1.165) is 36.6 Å². The molecule has 0 radical (unpaired) electrons. The van der Waals surface area contributed by atoms with E-state index in [4.69, 9.17) is 9.47 Å². The van der Waals surface area contributed by atoms with Crippen molar-refractivity contribution in [3.05, 3.63) is 59.7 Å². The lowest BCUT2D eigenvalue weighted by atomic mass is 10.1. The third-order valence-electron chi connectivity index (χ3n) is 4.25. The summed E-state index contributed by atoms with van der Waals surface area (Å²) in [5.74, 6) is 2.30. The highest BCUT2D eigenvalue weighted by Crippen LogP contribution is 2.20. The quantitative estimate of drug-likeness (QED) is 0.422. The highest BCUT2D eigenvalue weighted by Gasteiger charge is 2.09. The van der Waals surface area contributed by atoms with Crippen LogP contribution in [0.1, 0.15) is 38.0 Å². The van der Waals surface area contributed by atoms with Gasteiger partial charge in [0.25, 0.3) is 0 Å². The number of benzene rings is 2. The van der Waals surface area contributed by atoms with Crippen molar-refractivity contribution in [1.82, 2.24) is 10.6 Å². The highest BCUT2D eigenvalue weighted by atomic mass is 16.5. The molecule has 2 rings (SSSR count). The van der Waals surface area contributed by atoms with Gasteiger partial charge in [0.05, 0.1) is 25.9 Å². The van der Waals surface area contributed by atoms with Crippen LogP contribution in [0.2, 0.25) is 0 Å². The molecule has 6 nitrogen and oxygen atoms in total. The number of aliphatic hydroxyl groups is 1. The number of aliphatic imine (C=N–C) groups is 1. The van der Waals surface area contributed by atoms with Crippen LogP contribution in [-0.4, -0.2) is 43.9 Å². The number of hydrogen-bond acceptors (Lipinski definition) is 4. The topological polar surface area (TPSA) is 75.1 Å². The Bertz CT molecular complexity index is 760. The molecule has 6 heteroatoms. The second-order valence-corrected chi connectivity index (χ2v) is 7.00. The maximum Gasteiger partial charge on any atom is 0.191 e. The minimum absolute atomic E-state index is 0.0932. The first-order valence-corrected chi connectivity index (χ1v) is 10.1. The summed E-state index contributed by atoms with van der Waals surface area (Å²) in [6, 6.07) is 15.6. The van der Waals surface area contributed by atoms with Crippen LogP contribution >= 0.6 is 0 Å². The van der Waals surface area contributed by atoms with Gasteiger partial charge in [-0.25, -0.2) is 0 Å². The minimum atomic E-state index is -0.692. The van der Waals surface area contributed by atoms with Crippen LogP contribution in [0, 0.1) is 0 Å². The van der Waals surface area contributed by atoms with Gasteiger partial charge in [-0.1, -0.05) is 24.3 Å². The summed E-state index contributed by atoms with van der Waals surface area (Å²) in [5, 5.41) is 17.0. The summed E-state index contributed by atoms with van der Waals surface area (Å²) >= 11 is 0. The summed E-state index contributed by atoms with van der Waals surface area (Å²) in [4.78, 5) is 4.52. The second kappa shape index (κ2) is 12.0. The summed E-state index contributed by atoms with van der Waals surface area (Å²) < 4.78 is 10.9. The fourth-order valence-corrected chi connectivity index (χ4v) is 2.81. The van der Waals surface area contributed by atoms with Gasteiger partial charge in [0.1, 0.15) is 11.5 Å². The predicted molar refractivity (Wildman–Crippen MR) is 118 cm³/mol. The fraction of sp³-hybridized carbons (Fsp3) is 0.435. The van der Waals surface area contributed by atoms with Crippen molar-refractivity contribution in [2.24, 2.45) is 4.99 Å². The molecule has 0 spiro atoms. The molecule has 158 valence electrons. The maximum atomic E-state index is 10.5. The summed E-state index contributed by atoms with van der Waals surface area (Å²) in [6.07, 6.45) is 0.268. The summed E-state index contributed by atoms with van der Waals surface area (Å²) in [5.41, 5.74) is 2.01. The van der Waals surface area contributed by atoms with Gasteiger partial charge in [-0.15, -0.1) is 0 Å². The average molecular weight is 400 g/mol. The van der Waals surface area contributed by atoms with E-state index in [1.807, 2.05) is 57.2 Å². The molecule has 0 aliphatic carbocycles. The fourth-order valence-electron chi connectivity index (χ4n) is 2.81. The van der Waals surface area contributed by atoms with E-state index in [1.165, 1.54) is 5.56 Å². The zero-order chi connectivity index (χ0) is 21.1. The van der Waals surface area contributed by atoms with Crippen molar-refractivity contribution in [1.29, 1.82) is 0 Å². The number of nitrogens with one attached hydrogen (secondary N) is 2. The molecule has 0 aliphatic rings. The minimum Gasteiger partial charge on any atom is -0.497 e. The van der Waals surface area contributed by atoms with Crippen molar-refractivity contribution < 1.29 is 14.6 Å². The van der Waals surface area contributed by atoms with Gasteiger partial charge in [0, 0.05) is 13.1 Å². The van der Waals surface area contributed by atoms with Crippen molar-refractivity contribution >= 4 is 5.96 Å². The largest absolute Gasteiger partial charge is 0.497 e. The summed E-state index contributed by atoms with van der Waals surface area (Å²) in [7, 11) is 1.66. The van der Waals surface area contributed by atoms with E-state index in [1.54, 1.807) is 7.11 Å². The van der Waals surface area contributed by atoms with Crippen molar-refractivity contribution in [2.75, 3.05) is 26.7 Å². The molecule has 0 aliphatic heterocycles. The highest BCUT2D eigenvalue weighted by molar-refractivity contribution is 5.79. The predicted octanol–water partition coefficient (Wildman–Crippen LogP) is 3.31. The number of methoxy groups -OCH3 is 1. The van der Waals surface area contributed by atoms with Gasteiger partial charge in [0.2, 0.25) is 0 Å². The second-order valence-electron chi connectivity index (χ2n) is 7.00. The number of hydrogen-bond donors (Lipinski definition) is 3. The standard InChI is InChI=1S/C23H33N3O3/c1-5-24-23(25-14-13-18-9-11-20(28-4)12-10-18)26-16-22(27)19-7-6-8-21(15-19)29-17(2)3/h6-12,15,17,22,27H,5,13-14,16H2,1-4H3,(H2,24,25,26). The number of nitrogens with zero attached hydrogens (tertiary/aromatic N) is 1. The molecule has 2 aromatic rings. The molecule has 1 atom stereocenters. The SMILES string of the molecule is CCNC(=NCC(O)c1cccc(OC(C)C)c1)NCCc1ccc(OC)cc1. The molecule has 0 saturated carbocycles. The van der Waals surface area contributed by atoms with Crippen LogP contribution in [-0.2, 0) is 6.42 Å². The first-order chi connectivity index (χ1) is 14.0. The Balaban J connectivity index is 1.90. The Morgan fingerprint density at radius 1 is 1.07 bits per heavy atom. The number of rotatable bonds is 10. The maximum absolute atomic E-state index is 10.5. The van der Waals surface area contributed by atoms with Crippen LogP contribution in [0.25, 0.3) is 0 Å². The van der Waals surface area contributed by atoms with Gasteiger partial charge in [0.15, 0.2) is 5.96 Å². The van der Waals surface area contributed by atoms with E-state index in [9.17, 15) is 5.11 Å². The molecule has 0 fully saturated rings. The van der Waals surface area contributed by atoms with Crippen LogP contribution in [0.3, 0.4) is 0 Å². The average Bonchev–Trinajstić information content (AvgIpc) is 2.72. The smallest absolute Gasteiger partial charge is 0.191 e. The molecule has 0 heterocycles. The third-order valence-corrected chi connectivity index (χ3v) is 4.25. The van der Waals surface area contributed by atoms with Gasteiger partial charge in [-0.2, -0.15) is 0 Å². The first-order valence-electron chi connectivity index (χ1n) is 10.1. The number of aliphatic hydroxyl groups excluding tert-OH is 1. The van der Waals surface area contributed by atoms with E-state index in [2.05, 4.69) is 27.8 Å². The Morgan fingerprint density at radius 2 is 1.83 bits per heavy atom. The van der Waals surface area contributed by atoms with Crippen LogP contribution in [0.4, 0.5) is 0 Å². The summed E-state index contributed by atoms with van der Waals surface area (Å²) in [6.45, 7) is 7.74. The molecular weight excluding hydrogens is 366 g/mol.